The predicted octanol–water partition coefficient (Wildman–Crippen LogP) is 5.26. The molecule has 0 spiro atoms. The summed E-state index contributed by atoms with van der Waals surface area (Å²) in [5.41, 5.74) is 10.3. The summed E-state index contributed by atoms with van der Waals surface area (Å²) < 4.78 is 16.9. The topological polar surface area (TPSA) is 87.6 Å². The number of para-hydroxylation sites is 1. The molecule has 0 amide bonds. The lowest BCUT2D eigenvalue weighted by atomic mass is 10.1. The van der Waals surface area contributed by atoms with Crippen LogP contribution >= 0.6 is 11.3 Å². The summed E-state index contributed by atoms with van der Waals surface area (Å²) in [5, 5.41) is 3.85. The lowest BCUT2D eigenvalue weighted by molar-refractivity contribution is -0.142. The van der Waals surface area contributed by atoms with Gasteiger partial charge >= 0.3 is 5.97 Å². The van der Waals surface area contributed by atoms with E-state index in [0.29, 0.717) is 19.0 Å². The van der Waals surface area contributed by atoms with Gasteiger partial charge in [0.25, 0.3) is 0 Å². The number of fused-ring (bicyclic) bond motifs is 1. The van der Waals surface area contributed by atoms with E-state index in [2.05, 4.69) is 4.98 Å². The van der Waals surface area contributed by atoms with Crippen molar-refractivity contribution in [1.29, 1.82) is 0 Å². The summed E-state index contributed by atoms with van der Waals surface area (Å²) in [5.74, 6) is 0.395. The number of nitrogens with zero attached hydrogens (tertiary/aromatic N) is 1. The van der Waals surface area contributed by atoms with Crippen LogP contribution < -0.4 is 10.5 Å². The number of hydrogen-bond acceptors (Lipinski definition) is 7. The van der Waals surface area contributed by atoms with Crippen LogP contribution in [-0.2, 0) is 22.6 Å². The number of ether oxygens (including phenoxy) is 2. The van der Waals surface area contributed by atoms with Crippen LogP contribution in [0.3, 0.4) is 0 Å². The third kappa shape index (κ3) is 4.78. The highest BCUT2D eigenvalue weighted by molar-refractivity contribution is 7.10. The molecule has 1 unspecified atom stereocenters. The Morgan fingerprint density at radius 1 is 1.26 bits per heavy atom. The molecule has 0 aliphatic rings. The van der Waals surface area contributed by atoms with Crippen molar-refractivity contribution in [2.24, 2.45) is 5.73 Å². The fraction of sp³-hybridized carbons (Fsp3) is 0.250. The number of thiazole rings is 1. The molecule has 0 saturated carbocycles. The van der Waals surface area contributed by atoms with Crippen molar-refractivity contribution in [1.82, 2.24) is 4.98 Å². The molecule has 0 saturated heterocycles. The molecule has 4 rings (SSSR count). The van der Waals surface area contributed by atoms with Gasteiger partial charge in [-0.05, 0) is 43.7 Å². The zero-order chi connectivity index (χ0) is 21.8. The number of carbonyl (C=O) groups excluding carboxylic acids is 1. The molecule has 0 radical (unpaired) electrons. The molecular formula is C24H24N2O4S. The standard InChI is InChI=1S/C24H24N2O4S/c1-3-28-22(27)12-17-6-4-5-7-21(17)30-13-16-10-18-8-9-29-23(18)19(11-16)20-14-31-24(26-20)15(2)25/h4-11,14-15H,3,12-13,25H2,1-2H3. The summed E-state index contributed by atoms with van der Waals surface area (Å²) in [6.07, 6.45) is 1.85. The van der Waals surface area contributed by atoms with E-state index in [-0.39, 0.29) is 18.4 Å². The highest BCUT2D eigenvalue weighted by Crippen LogP contribution is 2.33. The molecule has 2 heterocycles. The summed E-state index contributed by atoms with van der Waals surface area (Å²) in [6.45, 7) is 4.42. The molecule has 1 atom stereocenters. The van der Waals surface area contributed by atoms with Gasteiger partial charge < -0.3 is 19.6 Å². The van der Waals surface area contributed by atoms with Gasteiger partial charge in [-0.1, -0.05) is 18.2 Å². The van der Waals surface area contributed by atoms with Crippen LogP contribution in [0.2, 0.25) is 0 Å². The lowest BCUT2D eigenvalue weighted by Gasteiger charge is -2.12. The molecule has 6 nitrogen and oxygen atoms in total. The third-order valence-corrected chi connectivity index (χ3v) is 5.85. The summed E-state index contributed by atoms with van der Waals surface area (Å²) in [7, 11) is 0. The number of furan rings is 1. The molecule has 7 heteroatoms. The van der Waals surface area contributed by atoms with Crippen LogP contribution in [0.1, 0.15) is 36.0 Å². The average molecular weight is 437 g/mol. The van der Waals surface area contributed by atoms with E-state index in [9.17, 15) is 4.79 Å². The van der Waals surface area contributed by atoms with Gasteiger partial charge in [-0.3, -0.25) is 4.79 Å². The molecular weight excluding hydrogens is 412 g/mol. The van der Waals surface area contributed by atoms with E-state index in [4.69, 9.17) is 19.6 Å². The fourth-order valence-electron chi connectivity index (χ4n) is 3.36. The van der Waals surface area contributed by atoms with Crippen molar-refractivity contribution in [3.05, 3.63) is 70.2 Å². The minimum Gasteiger partial charge on any atom is -0.489 e. The third-order valence-electron chi connectivity index (χ3n) is 4.81. The van der Waals surface area contributed by atoms with Gasteiger partial charge in [0.05, 0.1) is 31.0 Å². The Labute approximate surface area is 184 Å². The van der Waals surface area contributed by atoms with E-state index in [1.54, 1.807) is 13.2 Å². The van der Waals surface area contributed by atoms with Gasteiger partial charge in [0.2, 0.25) is 0 Å². The number of carbonyl (C=O) groups is 1. The number of benzene rings is 2. The molecule has 4 aromatic rings. The van der Waals surface area contributed by atoms with E-state index in [0.717, 1.165) is 38.4 Å². The fourth-order valence-corrected chi connectivity index (χ4v) is 4.14. The highest BCUT2D eigenvalue weighted by Gasteiger charge is 2.15. The molecule has 0 aliphatic heterocycles. The van der Waals surface area contributed by atoms with E-state index in [1.165, 1.54) is 11.3 Å². The molecule has 2 N–H and O–H groups in total. The minimum absolute atomic E-state index is 0.117. The molecule has 0 bridgehead atoms. The average Bonchev–Trinajstić information content (AvgIpc) is 3.42. The number of hydrogen-bond donors (Lipinski definition) is 1. The Morgan fingerprint density at radius 2 is 2.10 bits per heavy atom. The maximum atomic E-state index is 11.9. The first-order valence-corrected chi connectivity index (χ1v) is 11.0. The van der Waals surface area contributed by atoms with Gasteiger partial charge in [0.1, 0.15) is 22.9 Å². The molecule has 0 fully saturated rings. The van der Waals surface area contributed by atoms with Crippen molar-refractivity contribution in [3.8, 4) is 17.0 Å². The van der Waals surface area contributed by atoms with Crippen LogP contribution in [0.15, 0.2) is 58.5 Å². The van der Waals surface area contributed by atoms with Crippen molar-refractivity contribution in [2.75, 3.05) is 6.61 Å². The predicted molar refractivity (Wildman–Crippen MR) is 121 cm³/mol. The lowest BCUT2D eigenvalue weighted by Crippen LogP contribution is -2.09. The molecule has 2 aromatic carbocycles. The Hall–Kier alpha value is -3.16. The Bertz CT molecular complexity index is 1200. The Balaban J connectivity index is 1.60. The van der Waals surface area contributed by atoms with Crippen LogP contribution in [-0.4, -0.2) is 17.6 Å². The largest absolute Gasteiger partial charge is 0.489 e. The van der Waals surface area contributed by atoms with E-state index < -0.39 is 0 Å². The first-order chi connectivity index (χ1) is 15.0. The number of esters is 1. The van der Waals surface area contributed by atoms with Gasteiger partial charge in [-0.15, -0.1) is 11.3 Å². The highest BCUT2D eigenvalue weighted by atomic mass is 32.1. The minimum atomic E-state index is -0.269. The van der Waals surface area contributed by atoms with Gasteiger partial charge in [-0.2, -0.15) is 0 Å². The maximum Gasteiger partial charge on any atom is 0.310 e. The monoisotopic (exact) mass is 436 g/mol. The maximum absolute atomic E-state index is 11.9. The summed E-state index contributed by atoms with van der Waals surface area (Å²) in [6, 6.07) is 13.4. The summed E-state index contributed by atoms with van der Waals surface area (Å²) in [4.78, 5) is 16.6. The smallest absolute Gasteiger partial charge is 0.310 e. The van der Waals surface area contributed by atoms with Crippen LogP contribution in [0, 0.1) is 0 Å². The molecule has 2 aromatic heterocycles. The van der Waals surface area contributed by atoms with Crippen molar-refractivity contribution >= 4 is 28.3 Å². The summed E-state index contributed by atoms with van der Waals surface area (Å²) >= 11 is 1.54. The quantitative estimate of drug-likeness (QED) is 0.379. The van der Waals surface area contributed by atoms with Crippen molar-refractivity contribution in [3.63, 3.8) is 0 Å². The molecule has 31 heavy (non-hydrogen) atoms. The Morgan fingerprint density at radius 3 is 2.87 bits per heavy atom. The normalized spacial score (nSPS) is 12.1. The SMILES string of the molecule is CCOC(=O)Cc1ccccc1OCc1cc(-c2csc(C(C)N)n2)c2occc2c1. The van der Waals surface area contributed by atoms with Gasteiger partial charge in [0.15, 0.2) is 0 Å². The molecule has 160 valence electrons. The zero-order valence-corrected chi connectivity index (χ0v) is 18.3. The van der Waals surface area contributed by atoms with E-state index >= 15 is 0 Å². The number of nitrogens with two attached hydrogens (primary N) is 1. The zero-order valence-electron chi connectivity index (χ0n) is 17.5. The first kappa shape index (κ1) is 21.1. The van der Waals surface area contributed by atoms with Crippen LogP contribution in [0.25, 0.3) is 22.2 Å². The number of aromatic nitrogens is 1. The van der Waals surface area contributed by atoms with E-state index in [1.807, 2.05) is 54.8 Å². The van der Waals surface area contributed by atoms with Gasteiger partial charge in [-0.25, -0.2) is 4.98 Å². The molecule has 0 aliphatic carbocycles. The van der Waals surface area contributed by atoms with Crippen molar-refractivity contribution in [2.45, 2.75) is 32.9 Å². The van der Waals surface area contributed by atoms with Crippen molar-refractivity contribution < 1.29 is 18.7 Å². The second-order valence-corrected chi connectivity index (χ2v) is 8.11. The van der Waals surface area contributed by atoms with Crippen LogP contribution in [0.4, 0.5) is 0 Å². The second kappa shape index (κ2) is 9.32. The number of rotatable bonds is 8. The van der Waals surface area contributed by atoms with Gasteiger partial charge in [0, 0.05) is 21.9 Å². The van der Waals surface area contributed by atoms with Crippen LogP contribution in [0.5, 0.6) is 5.75 Å². The Kier molecular flexibility index (Phi) is 6.34. The second-order valence-electron chi connectivity index (χ2n) is 7.22. The first-order valence-electron chi connectivity index (χ1n) is 10.1.